The fourth-order valence-corrected chi connectivity index (χ4v) is 4.19. The Hall–Kier alpha value is -2.17. The van der Waals surface area contributed by atoms with Gasteiger partial charge in [-0.1, -0.05) is 23.9 Å². The van der Waals surface area contributed by atoms with Gasteiger partial charge >= 0.3 is 6.18 Å². The van der Waals surface area contributed by atoms with Gasteiger partial charge in [-0.25, -0.2) is 9.97 Å². The second-order valence-corrected chi connectivity index (χ2v) is 7.49. The second kappa shape index (κ2) is 7.34. The molecule has 4 rings (SSSR count). The highest BCUT2D eigenvalue weighted by Gasteiger charge is 2.44. The number of benzene rings is 1. The number of para-hydroxylation sites is 1. The maximum Gasteiger partial charge on any atom is 0.433 e. The van der Waals surface area contributed by atoms with Crippen molar-refractivity contribution in [3.8, 4) is 17.0 Å². The average Bonchev–Trinajstić information content (AvgIpc) is 3.11. The largest absolute Gasteiger partial charge is 0.496 e. The van der Waals surface area contributed by atoms with Crippen molar-refractivity contribution >= 4 is 17.5 Å². The summed E-state index contributed by atoms with van der Waals surface area (Å²) in [6.45, 7) is 0.215. The summed E-state index contributed by atoms with van der Waals surface area (Å²) >= 11 is 0.991. The lowest BCUT2D eigenvalue weighted by atomic mass is 10.1. The molecular weight excluding hydrogens is 397 g/mol. The molecule has 10 heteroatoms. The SMILES string of the molecule is COc1ccccc1-c1cc(C(F)(F)F)nc(S[C@@H]2CC(=O)[C@H]3OC[C@H]2O3)n1. The third-order valence-corrected chi connectivity index (χ3v) is 5.59. The third-order valence-electron chi connectivity index (χ3n) is 4.43. The van der Waals surface area contributed by atoms with Crippen LogP contribution in [0.25, 0.3) is 11.3 Å². The Balaban J connectivity index is 1.72. The van der Waals surface area contributed by atoms with E-state index in [2.05, 4.69) is 9.97 Å². The highest BCUT2D eigenvalue weighted by molar-refractivity contribution is 7.99. The zero-order valence-corrected chi connectivity index (χ0v) is 15.4. The normalized spacial score (nSPS) is 24.4. The first-order valence-corrected chi connectivity index (χ1v) is 9.29. The number of nitrogens with zero attached hydrogens (tertiary/aromatic N) is 2. The van der Waals surface area contributed by atoms with E-state index in [4.69, 9.17) is 14.2 Å². The highest BCUT2D eigenvalue weighted by atomic mass is 32.2. The number of ether oxygens (including phenoxy) is 3. The van der Waals surface area contributed by atoms with Gasteiger partial charge < -0.3 is 14.2 Å². The van der Waals surface area contributed by atoms with Gasteiger partial charge in [-0.15, -0.1) is 0 Å². The van der Waals surface area contributed by atoms with E-state index in [0.717, 1.165) is 17.8 Å². The molecule has 2 aromatic rings. The van der Waals surface area contributed by atoms with E-state index in [0.29, 0.717) is 11.3 Å². The quantitative estimate of drug-likeness (QED) is 0.714. The number of thioether (sulfide) groups is 1. The van der Waals surface area contributed by atoms with Crippen molar-refractivity contribution in [2.75, 3.05) is 13.7 Å². The monoisotopic (exact) mass is 412 g/mol. The number of methoxy groups -OCH3 is 1. The fourth-order valence-electron chi connectivity index (χ4n) is 3.08. The molecule has 3 atom stereocenters. The third kappa shape index (κ3) is 3.71. The van der Waals surface area contributed by atoms with Crippen LogP contribution in [0.4, 0.5) is 13.2 Å². The first-order chi connectivity index (χ1) is 13.3. The number of hydrogen-bond donors (Lipinski definition) is 0. The fraction of sp³-hybridized carbons (Fsp3) is 0.389. The van der Waals surface area contributed by atoms with E-state index < -0.39 is 23.4 Å². The summed E-state index contributed by atoms with van der Waals surface area (Å²) in [6.07, 6.45) is -5.77. The molecule has 28 heavy (non-hydrogen) atoms. The topological polar surface area (TPSA) is 70.5 Å². The second-order valence-electron chi connectivity index (χ2n) is 6.29. The number of carbonyl (C=O) groups is 1. The van der Waals surface area contributed by atoms with Gasteiger partial charge in [0.15, 0.2) is 10.9 Å². The van der Waals surface area contributed by atoms with Crippen LogP contribution in [0, 0.1) is 0 Å². The molecule has 6 nitrogen and oxygen atoms in total. The Labute approximate surface area is 162 Å². The van der Waals surface area contributed by atoms with Crippen LogP contribution in [-0.4, -0.2) is 47.1 Å². The minimum absolute atomic E-state index is 0.0810. The first-order valence-electron chi connectivity index (χ1n) is 8.41. The Morgan fingerprint density at radius 1 is 1.25 bits per heavy atom. The lowest BCUT2D eigenvalue weighted by Gasteiger charge is -2.25. The molecule has 2 aliphatic rings. The Morgan fingerprint density at radius 2 is 2.04 bits per heavy atom. The number of aromatic nitrogens is 2. The summed E-state index contributed by atoms with van der Waals surface area (Å²) in [7, 11) is 1.43. The molecule has 1 aromatic carbocycles. The van der Waals surface area contributed by atoms with Gasteiger partial charge in [0.1, 0.15) is 11.4 Å². The average molecular weight is 412 g/mol. The van der Waals surface area contributed by atoms with E-state index in [1.54, 1.807) is 24.3 Å². The molecule has 2 saturated heterocycles. The van der Waals surface area contributed by atoms with Gasteiger partial charge in [0.05, 0.1) is 25.5 Å². The van der Waals surface area contributed by atoms with E-state index in [1.165, 1.54) is 7.11 Å². The number of ketones is 1. The zero-order valence-electron chi connectivity index (χ0n) is 14.6. The predicted molar refractivity (Wildman–Crippen MR) is 92.9 cm³/mol. The van der Waals surface area contributed by atoms with Crippen molar-refractivity contribution in [3.63, 3.8) is 0 Å². The molecule has 3 heterocycles. The van der Waals surface area contributed by atoms with Gasteiger partial charge in [-0.05, 0) is 18.2 Å². The summed E-state index contributed by atoms with van der Waals surface area (Å²) in [5.41, 5.74) is -0.555. The van der Waals surface area contributed by atoms with Gasteiger partial charge in [0.25, 0.3) is 0 Å². The van der Waals surface area contributed by atoms with Crippen molar-refractivity contribution in [2.45, 2.75) is 35.4 Å². The van der Waals surface area contributed by atoms with Crippen LogP contribution >= 0.6 is 11.8 Å². The maximum atomic E-state index is 13.4. The molecule has 0 aliphatic carbocycles. The number of hydrogen-bond acceptors (Lipinski definition) is 7. The van der Waals surface area contributed by atoms with Crippen molar-refractivity contribution in [2.24, 2.45) is 0 Å². The predicted octanol–water partition coefficient (Wildman–Crippen LogP) is 3.35. The van der Waals surface area contributed by atoms with Crippen LogP contribution in [0.1, 0.15) is 12.1 Å². The summed E-state index contributed by atoms with van der Waals surface area (Å²) < 4.78 is 56.1. The number of rotatable bonds is 4. The number of halogens is 3. The van der Waals surface area contributed by atoms with Gasteiger partial charge in [-0.3, -0.25) is 4.79 Å². The number of fused-ring (bicyclic) bond motifs is 2. The van der Waals surface area contributed by atoms with Gasteiger partial charge in [0, 0.05) is 17.2 Å². The molecule has 0 saturated carbocycles. The molecule has 2 aliphatic heterocycles. The maximum absolute atomic E-state index is 13.4. The van der Waals surface area contributed by atoms with E-state index >= 15 is 0 Å². The van der Waals surface area contributed by atoms with Gasteiger partial charge in [0.2, 0.25) is 6.29 Å². The Bertz CT molecular complexity index is 909. The van der Waals surface area contributed by atoms with Crippen molar-refractivity contribution in [3.05, 3.63) is 36.0 Å². The van der Waals surface area contributed by atoms with E-state index in [9.17, 15) is 18.0 Å². The van der Waals surface area contributed by atoms with Crippen molar-refractivity contribution in [1.29, 1.82) is 0 Å². The number of Topliss-reactive ketones (excluding diaryl/α,β-unsaturated/α-hetero) is 1. The highest BCUT2D eigenvalue weighted by Crippen LogP contribution is 2.39. The molecule has 0 amide bonds. The summed E-state index contributed by atoms with van der Waals surface area (Å²) in [4.78, 5) is 19.9. The molecule has 148 valence electrons. The van der Waals surface area contributed by atoms with E-state index in [-0.39, 0.29) is 35.8 Å². The summed E-state index contributed by atoms with van der Waals surface area (Å²) in [6, 6.07) is 7.55. The van der Waals surface area contributed by atoms with Crippen LogP contribution in [0.3, 0.4) is 0 Å². The molecule has 2 bridgehead atoms. The van der Waals surface area contributed by atoms with Gasteiger partial charge in [-0.2, -0.15) is 13.2 Å². The summed E-state index contributed by atoms with van der Waals surface area (Å²) in [5.74, 6) is 0.164. The molecule has 0 unspecified atom stereocenters. The first kappa shape index (κ1) is 19.2. The molecule has 0 spiro atoms. The lowest BCUT2D eigenvalue weighted by Crippen LogP contribution is -2.37. The molecule has 1 aromatic heterocycles. The molecule has 2 fully saturated rings. The number of carbonyl (C=O) groups excluding carboxylic acids is 1. The molecule has 0 N–H and O–H groups in total. The van der Waals surface area contributed by atoms with E-state index in [1.807, 2.05) is 0 Å². The Kier molecular flexibility index (Phi) is 5.02. The minimum Gasteiger partial charge on any atom is -0.496 e. The smallest absolute Gasteiger partial charge is 0.433 e. The van der Waals surface area contributed by atoms with Crippen molar-refractivity contribution in [1.82, 2.24) is 9.97 Å². The number of alkyl halides is 3. The van der Waals surface area contributed by atoms with Crippen LogP contribution in [-0.2, 0) is 20.4 Å². The molecular formula is C18H15F3N2O4S. The van der Waals surface area contributed by atoms with Crippen molar-refractivity contribution < 1.29 is 32.2 Å². The standard InChI is InChI=1S/C18H15F3N2O4S/c1-25-12-5-3-2-4-9(12)10-6-15(18(19,20)21)23-17(22-10)28-14-7-11(24)16-26-8-13(14)27-16/h2-6,13-14,16H,7-8H2,1H3/t13-,14-,16+/m1/s1. The molecule has 0 radical (unpaired) electrons. The van der Waals surface area contributed by atoms with Crippen LogP contribution in [0.2, 0.25) is 0 Å². The zero-order chi connectivity index (χ0) is 19.9. The van der Waals surface area contributed by atoms with Crippen LogP contribution in [0.5, 0.6) is 5.75 Å². The Morgan fingerprint density at radius 3 is 2.79 bits per heavy atom. The van der Waals surface area contributed by atoms with Crippen LogP contribution in [0.15, 0.2) is 35.5 Å². The summed E-state index contributed by atoms with van der Waals surface area (Å²) in [5, 5.41) is -0.497. The van der Waals surface area contributed by atoms with Crippen LogP contribution < -0.4 is 4.74 Å². The lowest BCUT2D eigenvalue weighted by molar-refractivity contribution is -0.151. The minimum atomic E-state index is -4.64.